The summed E-state index contributed by atoms with van der Waals surface area (Å²) in [5, 5.41) is 12.0. The normalized spacial score (nSPS) is 19.1. The fourth-order valence-corrected chi connectivity index (χ4v) is 1.43. The molecule has 0 aliphatic carbocycles. The zero-order valence-corrected chi connectivity index (χ0v) is 7.98. The average Bonchev–Trinajstić information content (AvgIpc) is 2.66. The smallest absolute Gasteiger partial charge is 0.348 e. The minimum Gasteiger partial charge on any atom is -0.478 e. The summed E-state index contributed by atoms with van der Waals surface area (Å²) in [6.07, 6.45) is -1.32. The molecule has 2 rings (SSSR count). The highest BCUT2D eigenvalue weighted by Crippen LogP contribution is 2.21. The maximum atomic E-state index is 13.3. The molecule has 1 aromatic rings. The first-order valence-electron chi connectivity index (χ1n) is 4.49. The van der Waals surface area contributed by atoms with Crippen molar-refractivity contribution in [3.8, 4) is 0 Å². The summed E-state index contributed by atoms with van der Waals surface area (Å²) in [6, 6.07) is 3.38. The molecular formula is C10H7F2NO3. The molecule has 4 nitrogen and oxygen atoms in total. The Labute approximate surface area is 89.1 Å². The van der Waals surface area contributed by atoms with Crippen molar-refractivity contribution in [3.63, 3.8) is 0 Å². The Kier molecular flexibility index (Phi) is 2.55. The molecular weight excluding hydrogens is 220 g/mol. The van der Waals surface area contributed by atoms with Gasteiger partial charge in [0.25, 0.3) is 0 Å². The molecule has 0 radical (unpaired) electrons. The van der Waals surface area contributed by atoms with E-state index < -0.39 is 23.7 Å². The lowest BCUT2D eigenvalue weighted by molar-refractivity contribution is -0.148. The van der Waals surface area contributed by atoms with Crippen LogP contribution in [0, 0.1) is 11.6 Å². The highest BCUT2D eigenvalue weighted by molar-refractivity contribution is 6.03. The second-order valence-corrected chi connectivity index (χ2v) is 3.27. The molecule has 0 saturated carbocycles. The van der Waals surface area contributed by atoms with Gasteiger partial charge in [-0.1, -0.05) is 11.2 Å². The minimum absolute atomic E-state index is 0.0250. The summed E-state index contributed by atoms with van der Waals surface area (Å²) in [7, 11) is 0. The van der Waals surface area contributed by atoms with Gasteiger partial charge in [0.1, 0.15) is 11.6 Å². The van der Waals surface area contributed by atoms with E-state index >= 15 is 0 Å². The van der Waals surface area contributed by atoms with E-state index in [0.29, 0.717) is 0 Å². The standard InChI is InChI=1S/C10H7F2NO3/c11-5-2-1-3-6(12)9(5)7-4-8(10(14)15)16-13-7/h1-3,8H,4H2,(H,14,15)/t8-/m1/s1. The van der Waals surface area contributed by atoms with Gasteiger partial charge in [-0.2, -0.15) is 0 Å². The number of hydrogen-bond acceptors (Lipinski definition) is 3. The molecule has 1 aliphatic rings. The average molecular weight is 227 g/mol. The zero-order chi connectivity index (χ0) is 11.7. The summed E-state index contributed by atoms with van der Waals surface area (Å²) in [5.41, 5.74) is -0.353. The van der Waals surface area contributed by atoms with Gasteiger partial charge < -0.3 is 9.94 Å². The SMILES string of the molecule is O=C(O)[C@H]1CC(c2c(F)cccc2F)=NO1. The first-order chi connectivity index (χ1) is 7.59. The Balaban J connectivity index is 2.31. The van der Waals surface area contributed by atoms with Crippen molar-refractivity contribution in [1.29, 1.82) is 0 Å². The molecule has 1 aromatic carbocycles. The van der Waals surface area contributed by atoms with Crippen LogP contribution in [0.1, 0.15) is 12.0 Å². The largest absolute Gasteiger partial charge is 0.478 e. The van der Waals surface area contributed by atoms with Crippen molar-refractivity contribution in [3.05, 3.63) is 35.4 Å². The van der Waals surface area contributed by atoms with Crippen LogP contribution in [-0.4, -0.2) is 22.9 Å². The molecule has 0 aromatic heterocycles. The van der Waals surface area contributed by atoms with Crippen LogP contribution in [0.2, 0.25) is 0 Å². The quantitative estimate of drug-likeness (QED) is 0.833. The van der Waals surface area contributed by atoms with E-state index in [1.807, 2.05) is 0 Å². The number of hydrogen-bond donors (Lipinski definition) is 1. The first kappa shape index (κ1) is 10.5. The molecule has 0 bridgehead atoms. The summed E-state index contributed by atoms with van der Waals surface area (Å²) in [4.78, 5) is 15.1. The number of aliphatic carboxylic acids is 1. The number of carbonyl (C=O) groups is 1. The van der Waals surface area contributed by atoms with Crippen molar-refractivity contribution in [1.82, 2.24) is 0 Å². The van der Waals surface area contributed by atoms with Crippen molar-refractivity contribution in [2.75, 3.05) is 0 Å². The van der Waals surface area contributed by atoms with E-state index in [2.05, 4.69) is 9.99 Å². The molecule has 6 heteroatoms. The molecule has 0 amide bonds. The molecule has 0 saturated heterocycles. The number of benzene rings is 1. The van der Waals surface area contributed by atoms with E-state index in [1.54, 1.807) is 0 Å². The van der Waals surface area contributed by atoms with Gasteiger partial charge in [0, 0.05) is 6.42 Å². The van der Waals surface area contributed by atoms with Gasteiger partial charge in [-0.3, -0.25) is 0 Å². The number of oxime groups is 1. The van der Waals surface area contributed by atoms with Crippen molar-refractivity contribution in [2.24, 2.45) is 5.16 Å². The Morgan fingerprint density at radius 3 is 2.56 bits per heavy atom. The number of nitrogens with zero attached hydrogens (tertiary/aromatic N) is 1. The molecule has 1 N–H and O–H groups in total. The minimum atomic E-state index is -1.21. The van der Waals surface area contributed by atoms with E-state index in [0.717, 1.165) is 12.1 Å². The number of rotatable bonds is 2. The van der Waals surface area contributed by atoms with Gasteiger partial charge in [0.05, 0.1) is 11.3 Å². The van der Waals surface area contributed by atoms with E-state index in [4.69, 9.17) is 5.11 Å². The lowest BCUT2D eigenvalue weighted by atomic mass is 10.0. The Morgan fingerprint density at radius 1 is 1.44 bits per heavy atom. The first-order valence-corrected chi connectivity index (χ1v) is 4.49. The third-order valence-corrected chi connectivity index (χ3v) is 2.20. The van der Waals surface area contributed by atoms with Gasteiger partial charge in [0.2, 0.25) is 6.10 Å². The van der Waals surface area contributed by atoms with E-state index in [1.165, 1.54) is 6.07 Å². The summed E-state index contributed by atoms with van der Waals surface area (Å²) < 4.78 is 26.6. The highest BCUT2D eigenvalue weighted by atomic mass is 19.1. The highest BCUT2D eigenvalue weighted by Gasteiger charge is 2.31. The van der Waals surface area contributed by atoms with Crippen LogP contribution in [0.3, 0.4) is 0 Å². The van der Waals surface area contributed by atoms with Crippen LogP contribution in [0.25, 0.3) is 0 Å². The van der Waals surface area contributed by atoms with Crippen LogP contribution in [0.15, 0.2) is 23.4 Å². The maximum Gasteiger partial charge on any atom is 0.348 e. The fourth-order valence-electron chi connectivity index (χ4n) is 1.43. The van der Waals surface area contributed by atoms with E-state index in [9.17, 15) is 13.6 Å². The summed E-state index contributed by atoms with van der Waals surface area (Å²) in [5.74, 6) is -2.78. The van der Waals surface area contributed by atoms with Crippen molar-refractivity contribution < 1.29 is 23.5 Å². The summed E-state index contributed by atoms with van der Waals surface area (Å²) >= 11 is 0. The number of carboxylic acid groups (broad SMARTS) is 1. The van der Waals surface area contributed by atoms with Crippen LogP contribution in [0.4, 0.5) is 8.78 Å². The third kappa shape index (κ3) is 1.73. The van der Waals surface area contributed by atoms with Crippen LogP contribution in [-0.2, 0) is 9.63 Å². The van der Waals surface area contributed by atoms with Gasteiger partial charge >= 0.3 is 5.97 Å². The molecule has 0 fully saturated rings. The zero-order valence-electron chi connectivity index (χ0n) is 7.98. The Hall–Kier alpha value is -1.98. The van der Waals surface area contributed by atoms with Gasteiger partial charge in [-0.15, -0.1) is 0 Å². The second-order valence-electron chi connectivity index (χ2n) is 3.27. The molecule has 1 atom stereocenters. The number of halogens is 2. The number of carboxylic acids is 1. The van der Waals surface area contributed by atoms with Gasteiger partial charge in [0.15, 0.2) is 0 Å². The fraction of sp³-hybridized carbons (Fsp3) is 0.200. The predicted octanol–water partition coefficient (Wildman–Crippen LogP) is 1.54. The van der Waals surface area contributed by atoms with Crippen molar-refractivity contribution in [2.45, 2.75) is 12.5 Å². The predicted molar refractivity (Wildman–Crippen MR) is 50.0 cm³/mol. The van der Waals surface area contributed by atoms with Gasteiger partial charge in [-0.25, -0.2) is 13.6 Å². The topological polar surface area (TPSA) is 58.9 Å². The maximum absolute atomic E-state index is 13.3. The lowest BCUT2D eigenvalue weighted by Gasteiger charge is -2.02. The summed E-state index contributed by atoms with van der Waals surface area (Å²) in [6.45, 7) is 0. The lowest BCUT2D eigenvalue weighted by Crippen LogP contribution is -2.20. The van der Waals surface area contributed by atoms with Crippen LogP contribution in [0.5, 0.6) is 0 Å². The Morgan fingerprint density at radius 2 is 2.06 bits per heavy atom. The van der Waals surface area contributed by atoms with Crippen LogP contribution >= 0.6 is 0 Å². The third-order valence-electron chi connectivity index (χ3n) is 2.20. The molecule has 0 spiro atoms. The Bertz CT molecular complexity index is 453. The van der Waals surface area contributed by atoms with Crippen LogP contribution < -0.4 is 0 Å². The monoisotopic (exact) mass is 227 g/mol. The molecule has 0 unspecified atom stereocenters. The van der Waals surface area contributed by atoms with Crippen molar-refractivity contribution >= 4 is 11.7 Å². The van der Waals surface area contributed by atoms with E-state index in [-0.39, 0.29) is 17.7 Å². The molecule has 84 valence electrons. The van der Waals surface area contributed by atoms with Gasteiger partial charge in [-0.05, 0) is 12.1 Å². The molecule has 1 aliphatic heterocycles. The molecule has 1 heterocycles. The molecule has 16 heavy (non-hydrogen) atoms. The second kappa shape index (κ2) is 3.88.